The fourth-order valence-electron chi connectivity index (χ4n) is 1.58. The highest BCUT2D eigenvalue weighted by molar-refractivity contribution is 5.77. The summed E-state index contributed by atoms with van der Waals surface area (Å²) in [5, 5.41) is 0. The van der Waals surface area contributed by atoms with Crippen molar-refractivity contribution >= 4 is 11.9 Å². The summed E-state index contributed by atoms with van der Waals surface area (Å²) in [5.41, 5.74) is -0.172. The van der Waals surface area contributed by atoms with Crippen molar-refractivity contribution in [1.82, 2.24) is 0 Å². The third-order valence-electron chi connectivity index (χ3n) is 2.49. The van der Waals surface area contributed by atoms with E-state index in [0.717, 1.165) is 0 Å². The summed E-state index contributed by atoms with van der Waals surface area (Å²) in [6, 6.07) is 6.83. The smallest absolute Gasteiger partial charge is 0.429 e. The summed E-state index contributed by atoms with van der Waals surface area (Å²) in [7, 11) is 0. The summed E-state index contributed by atoms with van der Waals surface area (Å²) in [4.78, 5) is 22.5. The van der Waals surface area contributed by atoms with E-state index in [2.05, 4.69) is 9.47 Å². The molecule has 1 aromatic carbocycles. The maximum atomic E-state index is 12.9. The van der Waals surface area contributed by atoms with Crippen LogP contribution in [0.4, 0.5) is 13.2 Å². The number of hydrogen-bond donors (Lipinski definition) is 0. The SMILES string of the molecule is CCOC(=O)CCC(=O)OC(c1ccccc1)C(F)(F)F. The molecule has 0 amide bonds. The monoisotopic (exact) mass is 304 g/mol. The Balaban J connectivity index is 2.66. The highest BCUT2D eigenvalue weighted by atomic mass is 19.4. The van der Waals surface area contributed by atoms with Crippen LogP contribution in [-0.4, -0.2) is 24.7 Å². The molecule has 0 aliphatic carbocycles. The Labute approximate surface area is 119 Å². The average molecular weight is 304 g/mol. The van der Waals surface area contributed by atoms with E-state index in [4.69, 9.17) is 0 Å². The van der Waals surface area contributed by atoms with E-state index in [0.29, 0.717) is 0 Å². The largest absolute Gasteiger partial charge is 0.466 e. The van der Waals surface area contributed by atoms with Crippen LogP contribution in [-0.2, 0) is 19.1 Å². The Kier molecular flexibility index (Phi) is 6.20. The topological polar surface area (TPSA) is 52.6 Å². The number of carbonyl (C=O) groups excluding carboxylic acids is 2. The van der Waals surface area contributed by atoms with Crippen LogP contribution in [0.15, 0.2) is 30.3 Å². The highest BCUT2D eigenvalue weighted by Gasteiger charge is 2.43. The zero-order valence-electron chi connectivity index (χ0n) is 11.4. The van der Waals surface area contributed by atoms with Crippen molar-refractivity contribution < 1.29 is 32.2 Å². The first-order chi connectivity index (χ1) is 9.84. The summed E-state index contributed by atoms with van der Waals surface area (Å²) < 4.78 is 47.8. The van der Waals surface area contributed by atoms with Crippen molar-refractivity contribution in [3.63, 3.8) is 0 Å². The number of halogens is 3. The molecule has 1 rings (SSSR count). The lowest BCUT2D eigenvalue weighted by Crippen LogP contribution is -2.26. The van der Waals surface area contributed by atoms with Gasteiger partial charge in [-0.15, -0.1) is 0 Å². The standard InChI is InChI=1S/C14H15F3O4/c1-2-20-11(18)8-9-12(19)21-13(14(15,16)17)10-6-4-3-5-7-10/h3-7,13H,2,8-9H2,1H3. The minimum absolute atomic E-state index is 0.142. The lowest BCUT2D eigenvalue weighted by Gasteiger charge is -2.20. The van der Waals surface area contributed by atoms with Gasteiger partial charge < -0.3 is 9.47 Å². The Morgan fingerprint density at radius 1 is 1.10 bits per heavy atom. The molecule has 21 heavy (non-hydrogen) atoms. The predicted octanol–water partition coefficient (Wildman–Crippen LogP) is 3.18. The van der Waals surface area contributed by atoms with Gasteiger partial charge in [-0.3, -0.25) is 9.59 Å². The van der Waals surface area contributed by atoms with Crippen LogP contribution in [0.3, 0.4) is 0 Å². The van der Waals surface area contributed by atoms with Crippen molar-refractivity contribution in [3.8, 4) is 0 Å². The molecule has 4 nitrogen and oxygen atoms in total. The molecule has 0 aliphatic heterocycles. The molecule has 0 fully saturated rings. The van der Waals surface area contributed by atoms with E-state index in [-0.39, 0.29) is 18.6 Å². The molecule has 1 unspecified atom stereocenters. The Morgan fingerprint density at radius 2 is 1.67 bits per heavy atom. The van der Waals surface area contributed by atoms with Gasteiger partial charge in [-0.2, -0.15) is 13.2 Å². The first-order valence-electron chi connectivity index (χ1n) is 6.31. The van der Waals surface area contributed by atoms with Crippen molar-refractivity contribution in [1.29, 1.82) is 0 Å². The van der Waals surface area contributed by atoms with E-state index in [9.17, 15) is 22.8 Å². The van der Waals surface area contributed by atoms with Gasteiger partial charge in [0.05, 0.1) is 19.4 Å². The summed E-state index contributed by atoms with van der Waals surface area (Å²) in [5.74, 6) is -1.76. The number of esters is 2. The first-order valence-corrected chi connectivity index (χ1v) is 6.31. The molecule has 0 N–H and O–H groups in total. The van der Waals surface area contributed by atoms with E-state index in [1.54, 1.807) is 13.0 Å². The molecule has 7 heteroatoms. The number of ether oxygens (including phenoxy) is 2. The Hall–Kier alpha value is -2.05. The van der Waals surface area contributed by atoms with E-state index >= 15 is 0 Å². The maximum absolute atomic E-state index is 12.9. The molecule has 116 valence electrons. The molecule has 0 aromatic heterocycles. The highest BCUT2D eigenvalue weighted by Crippen LogP contribution is 2.36. The summed E-state index contributed by atoms with van der Waals surface area (Å²) >= 11 is 0. The summed E-state index contributed by atoms with van der Waals surface area (Å²) in [6.45, 7) is 1.73. The van der Waals surface area contributed by atoms with Gasteiger partial charge in [0.2, 0.25) is 6.10 Å². The van der Waals surface area contributed by atoms with Gasteiger partial charge in [0.15, 0.2) is 0 Å². The van der Waals surface area contributed by atoms with E-state index in [1.807, 2.05) is 0 Å². The van der Waals surface area contributed by atoms with Crippen LogP contribution >= 0.6 is 0 Å². The van der Waals surface area contributed by atoms with Crippen LogP contribution in [0, 0.1) is 0 Å². The van der Waals surface area contributed by atoms with Gasteiger partial charge in [0.1, 0.15) is 0 Å². The molecule has 0 saturated heterocycles. The zero-order valence-corrected chi connectivity index (χ0v) is 11.4. The third-order valence-corrected chi connectivity index (χ3v) is 2.49. The first kappa shape index (κ1) is 17.0. The molecule has 0 radical (unpaired) electrons. The Bertz CT molecular complexity index is 471. The number of alkyl halides is 3. The third kappa shape index (κ3) is 5.85. The number of rotatable bonds is 6. The quantitative estimate of drug-likeness (QED) is 0.757. The molecular weight excluding hydrogens is 289 g/mol. The van der Waals surface area contributed by atoms with E-state index in [1.165, 1.54) is 24.3 Å². The molecular formula is C14H15F3O4. The molecule has 0 spiro atoms. The minimum atomic E-state index is -4.72. The van der Waals surface area contributed by atoms with Crippen LogP contribution < -0.4 is 0 Å². The van der Waals surface area contributed by atoms with Gasteiger partial charge in [0.25, 0.3) is 0 Å². The van der Waals surface area contributed by atoms with Crippen LogP contribution in [0.2, 0.25) is 0 Å². The maximum Gasteiger partial charge on any atom is 0.429 e. The van der Waals surface area contributed by atoms with Crippen molar-refractivity contribution in [2.45, 2.75) is 32.0 Å². The number of hydrogen-bond acceptors (Lipinski definition) is 4. The fourth-order valence-corrected chi connectivity index (χ4v) is 1.58. The Morgan fingerprint density at radius 3 is 2.19 bits per heavy atom. The van der Waals surface area contributed by atoms with Gasteiger partial charge >= 0.3 is 18.1 Å². The van der Waals surface area contributed by atoms with Gasteiger partial charge in [-0.1, -0.05) is 30.3 Å². The number of benzene rings is 1. The zero-order chi connectivity index (χ0) is 15.9. The molecule has 0 saturated carbocycles. The summed E-state index contributed by atoms with van der Waals surface area (Å²) in [6.07, 6.45) is -7.83. The predicted molar refractivity (Wildman–Crippen MR) is 67.2 cm³/mol. The normalized spacial score (nSPS) is 12.6. The van der Waals surface area contributed by atoms with Crippen molar-refractivity contribution in [2.75, 3.05) is 6.61 Å². The lowest BCUT2D eigenvalue weighted by molar-refractivity contribution is -0.224. The lowest BCUT2D eigenvalue weighted by atomic mass is 10.1. The van der Waals surface area contributed by atoms with Gasteiger partial charge in [-0.05, 0) is 6.92 Å². The van der Waals surface area contributed by atoms with Crippen LogP contribution in [0.1, 0.15) is 31.4 Å². The molecule has 0 bridgehead atoms. The molecule has 0 heterocycles. The van der Waals surface area contributed by atoms with Crippen LogP contribution in [0.5, 0.6) is 0 Å². The average Bonchev–Trinajstić information content (AvgIpc) is 2.42. The van der Waals surface area contributed by atoms with Crippen molar-refractivity contribution in [2.24, 2.45) is 0 Å². The second-order valence-electron chi connectivity index (χ2n) is 4.13. The second kappa shape index (κ2) is 7.66. The minimum Gasteiger partial charge on any atom is -0.466 e. The van der Waals surface area contributed by atoms with Crippen molar-refractivity contribution in [3.05, 3.63) is 35.9 Å². The molecule has 1 aromatic rings. The second-order valence-corrected chi connectivity index (χ2v) is 4.13. The van der Waals surface area contributed by atoms with Crippen LogP contribution in [0.25, 0.3) is 0 Å². The van der Waals surface area contributed by atoms with E-state index < -0.39 is 30.6 Å². The van der Waals surface area contributed by atoms with Gasteiger partial charge in [-0.25, -0.2) is 0 Å². The molecule has 1 atom stereocenters. The number of carbonyl (C=O) groups is 2. The molecule has 0 aliphatic rings. The van der Waals surface area contributed by atoms with Gasteiger partial charge in [0, 0.05) is 5.56 Å². The fraction of sp³-hybridized carbons (Fsp3) is 0.429.